The van der Waals surface area contributed by atoms with E-state index >= 15 is 0 Å². The summed E-state index contributed by atoms with van der Waals surface area (Å²) in [5, 5.41) is 3.58. The fourth-order valence-corrected chi connectivity index (χ4v) is 2.00. The average Bonchev–Trinajstić information content (AvgIpc) is 2.37. The molecule has 2 rings (SSSR count). The van der Waals surface area contributed by atoms with Crippen LogP contribution in [0.5, 0.6) is 0 Å². The van der Waals surface area contributed by atoms with Gasteiger partial charge in [-0.2, -0.15) is 0 Å². The molecule has 0 bridgehead atoms. The third-order valence-corrected chi connectivity index (χ3v) is 3.12. The molecule has 2 aromatic rings. The van der Waals surface area contributed by atoms with Crippen LogP contribution >= 0.6 is 23.4 Å². The van der Waals surface area contributed by atoms with E-state index in [9.17, 15) is 9.59 Å². The smallest absolute Gasteiger partial charge is 0.266 e. The second-order valence-electron chi connectivity index (χ2n) is 3.65. The Kier molecular flexibility index (Phi) is 4.26. The zero-order valence-electron chi connectivity index (χ0n) is 10.3. The van der Waals surface area contributed by atoms with Crippen molar-refractivity contribution in [2.45, 2.75) is 5.16 Å². The highest BCUT2D eigenvalue weighted by molar-refractivity contribution is 7.98. The summed E-state index contributed by atoms with van der Waals surface area (Å²) in [6.45, 7) is 0. The Morgan fingerprint density at radius 3 is 2.90 bits per heavy atom. The van der Waals surface area contributed by atoms with Crippen molar-refractivity contribution < 1.29 is 4.79 Å². The van der Waals surface area contributed by atoms with E-state index in [2.05, 4.69) is 20.3 Å². The topological polar surface area (TPSA) is 114 Å². The Hall–Kier alpha value is -2.06. The van der Waals surface area contributed by atoms with E-state index in [0.717, 1.165) is 0 Å². The van der Waals surface area contributed by atoms with Gasteiger partial charge in [-0.1, -0.05) is 23.4 Å². The van der Waals surface area contributed by atoms with Crippen LogP contribution in [0, 0.1) is 0 Å². The Morgan fingerprint density at radius 2 is 2.30 bits per heavy atom. The minimum absolute atomic E-state index is 0.0420. The molecule has 4 N–H and O–H groups in total. The van der Waals surface area contributed by atoms with E-state index in [0.29, 0.717) is 16.0 Å². The van der Waals surface area contributed by atoms with Gasteiger partial charge in [0.15, 0.2) is 11.0 Å². The van der Waals surface area contributed by atoms with Crippen molar-refractivity contribution in [3.63, 3.8) is 0 Å². The standard InChI is InChI=1S/C11H10ClN5O2S/c1-20-11-16-9(7(8(13)18)10(19)17-11)15-6-4-5(12)2-3-14-6/h2-4H,1H3,(H2,13,18)(H2,14,15,16,17,19). The van der Waals surface area contributed by atoms with Crippen molar-refractivity contribution in [2.24, 2.45) is 5.73 Å². The summed E-state index contributed by atoms with van der Waals surface area (Å²) in [6.07, 6.45) is 3.22. The molecule has 0 aliphatic heterocycles. The van der Waals surface area contributed by atoms with Crippen LogP contribution in [0.2, 0.25) is 5.02 Å². The highest BCUT2D eigenvalue weighted by Crippen LogP contribution is 2.19. The number of nitrogens with one attached hydrogen (secondary N) is 2. The number of pyridine rings is 1. The van der Waals surface area contributed by atoms with Crippen molar-refractivity contribution in [1.82, 2.24) is 15.0 Å². The molecule has 0 aromatic carbocycles. The first kappa shape index (κ1) is 14.4. The number of anilines is 2. The number of amides is 1. The van der Waals surface area contributed by atoms with Crippen LogP contribution in [0.15, 0.2) is 28.3 Å². The normalized spacial score (nSPS) is 10.3. The fourth-order valence-electron chi connectivity index (χ4n) is 1.46. The van der Waals surface area contributed by atoms with Crippen LogP contribution in [0.4, 0.5) is 11.6 Å². The highest BCUT2D eigenvalue weighted by atomic mass is 35.5. The molecule has 7 nitrogen and oxygen atoms in total. The number of aromatic amines is 1. The molecule has 0 saturated carbocycles. The van der Waals surface area contributed by atoms with Crippen molar-refractivity contribution >= 4 is 40.9 Å². The van der Waals surface area contributed by atoms with Crippen LogP contribution in [0.25, 0.3) is 0 Å². The van der Waals surface area contributed by atoms with Crippen LogP contribution < -0.4 is 16.6 Å². The molecule has 104 valence electrons. The number of hydrogen-bond acceptors (Lipinski definition) is 6. The van der Waals surface area contributed by atoms with Gasteiger partial charge in [-0.3, -0.25) is 9.59 Å². The zero-order chi connectivity index (χ0) is 14.7. The number of primary amides is 1. The largest absolute Gasteiger partial charge is 0.365 e. The Bertz CT molecular complexity index is 718. The molecule has 20 heavy (non-hydrogen) atoms. The van der Waals surface area contributed by atoms with Gasteiger partial charge < -0.3 is 16.0 Å². The van der Waals surface area contributed by atoms with Gasteiger partial charge in [-0.15, -0.1) is 0 Å². The number of halogens is 1. The van der Waals surface area contributed by atoms with E-state index in [-0.39, 0.29) is 11.4 Å². The molecular weight excluding hydrogens is 302 g/mol. The van der Waals surface area contributed by atoms with Gasteiger partial charge in [0.05, 0.1) is 0 Å². The number of nitrogens with zero attached hydrogens (tertiary/aromatic N) is 2. The van der Waals surface area contributed by atoms with Crippen molar-refractivity contribution in [3.8, 4) is 0 Å². The quantitative estimate of drug-likeness (QED) is 0.580. The summed E-state index contributed by atoms with van der Waals surface area (Å²) in [4.78, 5) is 33.8. The SMILES string of the molecule is CSc1nc(Nc2cc(Cl)ccn2)c(C(N)=O)c(=O)[nH]1. The van der Waals surface area contributed by atoms with Gasteiger partial charge in [0, 0.05) is 11.2 Å². The number of carbonyl (C=O) groups excluding carboxylic acids is 1. The lowest BCUT2D eigenvalue weighted by Gasteiger charge is -2.09. The number of hydrogen-bond donors (Lipinski definition) is 3. The van der Waals surface area contributed by atoms with E-state index in [1.54, 1.807) is 12.3 Å². The number of aromatic nitrogens is 3. The molecule has 0 saturated heterocycles. The summed E-state index contributed by atoms with van der Waals surface area (Å²) in [6, 6.07) is 3.13. The first-order valence-corrected chi connectivity index (χ1v) is 6.98. The molecule has 2 heterocycles. The van der Waals surface area contributed by atoms with E-state index in [4.69, 9.17) is 17.3 Å². The third kappa shape index (κ3) is 3.09. The molecule has 0 unspecified atom stereocenters. The van der Waals surface area contributed by atoms with Gasteiger partial charge in [-0.25, -0.2) is 9.97 Å². The summed E-state index contributed by atoms with van der Waals surface area (Å²) in [7, 11) is 0. The maximum absolute atomic E-state index is 11.8. The van der Waals surface area contributed by atoms with Crippen LogP contribution in [-0.4, -0.2) is 27.1 Å². The number of nitrogens with two attached hydrogens (primary N) is 1. The average molecular weight is 312 g/mol. The summed E-state index contributed by atoms with van der Waals surface area (Å²) in [5.74, 6) is -0.485. The fraction of sp³-hybridized carbons (Fsp3) is 0.0909. The summed E-state index contributed by atoms with van der Waals surface area (Å²) in [5.41, 5.74) is 4.33. The second-order valence-corrected chi connectivity index (χ2v) is 4.88. The minimum Gasteiger partial charge on any atom is -0.365 e. The molecule has 1 amide bonds. The predicted molar refractivity (Wildman–Crippen MR) is 77.7 cm³/mol. The van der Waals surface area contributed by atoms with Gasteiger partial charge in [0.1, 0.15) is 11.4 Å². The molecule has 0 spiro atoms. The molecular formula is C11H10ClN5O2S. The van der Waals surface area contributed by atoms with Gasteiger partial charge in [-0.05, 0) is 18.4 Å². The van der Waals surface area contributed by atoms with E-state index < -0.39 is 11.5 Å². The number of H-pyrrole nitrogens is 1. The first-order chi connectivity index (χ1) is 9.51. The summed E-state index contributed by atoms with van der Waals surface area (Å²) < 4.78 is 0. The molecule has 0 atom stereocenters. The van der Waals surface area contributed by atoms with Gasteiger partial charge in [0.2, 0.25) is 0 Å². The number of rotatable bonds is 4. The maximum atomic E-state index is 11.8. The number of thioether (sulfide) groups is 1. The molecule has 0 aliphatic rings. The third-order valence-electron chi connectivity index (χ3n) is 2.31. The van der Waals surface area contributed by atoms with Crippen LogP contribution in [0.1, 0.15) is 10.4 Å². The molecule has 2 aromatic heterocycles. The Balaban J connectivity index is 2.51. The van der Waals surface area contributed by atoms with Crippen molar-refractivity contribution in [1.29, 1.82) is 0 Å². The minimum atomic E-state index is -0.879. The van der Waals surface area contributed by atoms with Crippen molar-refractivity contribution in [3.05, 3.63) is 39.3 Å². The highest BCUT2D eigenvalue weighted by Gasteiger charge is 2.17. The lowest BCUT2D eigenvalue weighted by Crippen LogP contribution is -2.26. The molecule has 0 fully saturated rings. The molecule has 9 heteroatoms. The van der Waals surface area contributed by atoms with E-state index in [1.165, 1.54) is 24.0 Å². The Labute approximate surface area is 123 Å². The monoisotopic (exact) mass is 311 g/mol. The summed E-state index contributed by atoms with van der Waals surface area (Å²) >= 11 is 7.07. The van der Waals surface area contributed by atoms with Crippen molar-refractivity contribution in [2.75, 3.05) is 11.6 Å². The lowest BCUT2D eigenvalue weighted by atomic mass is 10.3. The molecule has 0 aliphatic carbocycles. The lowest BCUT2D eigenvalue weighted by molar-refractivity contribution is 0.0999. The van der Waals surface area contributed by atoms with Crippen LogP contribution in [-0.2, 0) is 0 Å². The first-order valence-electron chi connectivity index (χ1n) is 5.38. The predicted octanol–water partition coefficient (Wildman–Crippen LogP) is 1.38. The molecule has 0 radical (unpaired) electrons. The van der Waals surface area contributed by atoms with Gasteiger partial charge >= 0.3 is 0 Å². The van der Waals surface area contributed by atoms with Crippen LogP contribution in [0.3, 0.4) is 0 Å². The Morgan fingerprint density at radius 1 is 1.55 bits per heavy atom. The maximum Gasteiger partial charge on any atom is 0.266 e. The van der Waals surface area contributed by atoms with E-state index in [1.807, 2.05) is 0 Å². The number of carbonyl (C=O) groups is 1. The second kappa shape index (κ2) is 5.93. The van der Waals surface area contributed by atoms with Gasteiger partial charge in [0.25, 0.3) is 11.5 Å². The zero-order valence-corrected chi connectivity index (χ0v) is 11.9.